The average Bonchev–Trinajstić information content (AvgIpc) is 3.11. The molecule has 0 aliphatic rings. The number of benzene rings is 2. The number of fused-ring (bicyclic) bond motifs is 1. The number of aromatic nitrogens is 2. The van der Waals surface area contributed by atoms with Crippen molar-refractivity contribution in [2.45, 2.75) is 6.54 Å². The van der Waals surface area contributed by atoms with Gasteiger partial charge in [0.15, 0.2) is 10.9 Å². The number of rotatable bonds is 4. The Morgan fingerprint density at radius 2 is 1.96 bits per heavy atom. The number of carbonyl (C=O) groups excluding carboxylic acids is 1. The molecule has 0 atom stereocenters. The van der Waals surface area contributed by atoms with E-state index in [1.807, 2.05) is 12.1 Å². The molecular formula is C20H12BrF2N3OS. The monoisotopic (exact) mass is 459 g/mol. The van der Waals surface area contributed by atoms with E-state index in [0.29, 0.717) is 14.7 Å². The molecule has 140 valence electrons. The van der Waals surface area contributed by atoms with Gasteiger partial charge in [-0.05, 0) is 45.8 Å². The van der Waals surface area contributed by atoms with Crippen molar-refractivity contribution in [3.63, 3.8) is 0 Å². The van der Waals surface area contributed by atoms with Gasteiger partial charge in [0, 0.05) is 22.9 Å². The molecule has 2 aromatic carbocycles. The van der Waals surface area contributed by atoms with Gasteiger partial charge in [-0.25, -0.2) is 13.8 Å². The van der Waals surface area contributed by atoms with Gasteiger partial charge in [-0.1, -0.05) is 29.5 Å². The number of thiazole rings is 1. The molecular weight excluding hydrogens is 448 g/mol. The highest BCUT2D eigenvalue weighted by Gasteiger charge is 2.24. The van der Waals surface area contributed by atoms with E-state index in [9.17, 15) is 13.6 Å². The maximum absolute atomic E-state index is 14.1. The fourth-order valence-electron chi connectivity index (χ4n) is 2.74. The summed E-state index contributed by atoms with van der Waals surface area (Å²) >= 11 is 4.45. The molecule has 0 saturated carbocycles. The van der Waals surface area contributed by atoms with Gasteiger partial charge in [-0.2, -0.15) is 0 Å². The number of hydrogen-bond donors (Lipinski definition) is 0. The number of nitrogens with zero attached hydrogens (tertiary/aromatic N) is 3. The number of pyridine rings is 1. The van der Waals surface area contributed by atoms with Crippen molar-refractivity contribution in [3.8, 4) is 0 Å². The van der Waals surface area contributed by atoms with Crippen molar-refractivity contribution in [2.24, 2.45) is 0 Å². The van der Waals surface area contributed by atoms with Crippen LogP contribution in [0.25, 0.3) is 10.2 Å². The van der Waals surface area contributed by atoms with Crippen LogP contribution in [0.3, 0.4) is 0 Å². The molecule has 1 amide bonds. The van der Waals surface area contributed by atoms with Gasteiger partial charge in [0.05, 0.1) is 16.8 Å². The molecule has 0 aliphatic heterocycles. The Balaban J connectivity index is 1.82. The summed E-state index contributed by atoms with van der Waals surface area (Å²) < 4.78 is 28.7. The zero-order valence-electron chi connectivity index (χ0n) is 14.3. The highest BCUT2D eigenvalue weighted by Crippen LogP contribution is 2.33. The molecule has 0 bridgehead atoms. The van der Waals surface area contributed by atoms with Gasteiger partial charge < -0.3 is 0 Å². The summed E-state index contributed by atoms with van der Waals surface area (Å²) in [4.78, 5) is 23.1. The predicted octanol–water partition coefficient (Wildman–Crippen LogP) is 5.58. The summed E-state index contributed by atoms with van der Waals surface area (Å²) in [5.74, 6) is -1.75. The SMILES string of the molecule is O=C(c1ccccc1Br)N(Cc1cccnc1)c1nc2c(F)cc(F)cc2s1. The molecule has 8 heteroatoms. The minimum atomic E-state index is -0.757. The summed E-state index contributed by atoms with van der Waals surface area (Å²) in [6.07, 6.45) is 3.28. The van der Waals surface area contributed by atoms with Crippen LogP contribution in [0.4, 0.5) is 13.9 Å². The summed E-state index contributed by atoms with van der Waals surface area (Å²) in [6, 6.07) is 12.6. The number of hydrogen-bond acceptors (Lipinski definition) is 4. The number of carbonyl (C=O) groups is 1. The van der Waals surface area contributed by atoms with Gasteiger partial charge in [-0.15, -0.1) is 0 Å². The van der Waals surface area contributed by atoms with Crippen molar-refractivity contribution in [1.29, 1.82) is 0 Å². The summed E-state index contributed by atoms with van der Waals surface area (Å²) in [6.45, 7) is 0.192. The molecule has 0 radical (unpaired) electrons. The van der Waals surface area contributed by atoms with Gasteiger partial charge in [0.2, 0.25) is 0 Å². The second kappa shape index (κ2) is 7.73. The Kier molecular flexibility index (Phi) is 5.15. The number of halogens is 3. The second-order valence-corrected chi connectivity index (χ2v) is 7.83. The lowest BCUT2D eigenvalue weighted by Gasteiger charge is -2.20. The van der Waals surface area contributed by atoms with Gasteiger partial charge in [0.1, 0.15) is 11.3 Å². The van der Waals surface area contributed by atoms with E-state index in [2.05, 4.69) is 25.9 Å². The van der Waals surface area contributed by atoms with E-state index < -0.39 is 11.6 Å². The molecule has 0 spiro atoms. The first-order valence-corrected chi connectivity index (χ1v) is 9.85. The maximum Gasteiger partial charge on any atom is 0.261 e. The topological polar surface area (TPSA) is 46.1 Å². The second-order valence-electron chi connectivity index (χ2n) is 5.96. The fourth-order valence-corrected chi connectivity index (χ4v) is 4.20. The highest BCUT2D eigenvalue weighted by molar-refractivity contribution is 9.10. The van der Waals surface area contributed by atoms with Gasteiger partial charge in [-0.3, -0.25) is 14.7 Å². The summed E-state index contributed by atoms with van der Waals surface area (Å²) in [5, 5.41) is 0.282. The average molecular weight is 460 g/mol. The van der Waals surface area contributed by atoms with Crippen LogP contribution in [0.2, 0.25) is 0 Å². The van der Waals surface area contributed by atoms with E-state index in [-0.39, 0.29) is 23.1 Å². The highest BCUT2D eigenvalue weighted by atomic mass is 79.9. The third-order valence-corrected chi connectivity index (χ3v) is 5.76. The van der Waals surface area contributed by atoms with Crippen molar-refractivity contribution in [3.05, 3.63) is 88.2 Å². The molecule has 28 heavy (non-hydrogen) atoms. The van der Waals surface area contributed by atoms with E-state index in [0.717, 1.165) is 23.0 Å². The van der Waals surface area contributed by atoms with Crippen LogP contribution >= 0.6 is 27.3 Å². The molecule has 0 unspecified atom stereocenters. The molecule has 0 aliphatic carbocycles. The van der Waals surface area contributed by atoms with Crippen LogP contribution in [0.5, 0.6) is 0 Å². The molecule has 0 saturated heterocycles. The first-order chi connectivity index (χ1) is 13.5. The molecule has 0 fully saturated rings. The standard InChI is InChI=1S/C20H12BrF2N3OS/c21-15-6-2-1-5-14(15)19(27)26(11-12-4-3-7-24-10-12)20-25-18-16(23)8-13(22)9-17(18)28-20/h1-10H,11H2. The Morgan fingerprint density at radius 3 is 2.71 bits per heavy atom. The molecule has 2 heterocycles. The van der Waals surface area contributed by atoms with Crippen molar-refractivity contribution in [1.82, 2.24) is 9.97 Å². The zero-order valence-corrected chi connectivity index (χ0v) is 16.7. The number of anilines is 1. The lowest BCUT2D eigenvalue weighted by atomic mass is 10.2. The lowest BCUT2D eigenvalue weighted by Crippen LogP contribution is -2.30. The summed E-state index contributed by atoms with van der Waals surface area (Å²) in [5.41, 5.74) is 1.27. The van der Waals surface area contributed by atoms with Crippen LogP contribution in [-0.2, 0) is 6.54 Å². The van der Waals surface area contributed by atoms with Gasteiger partial charge in [0.25, 0.3) is 5.91 Å². The maximum atomic E-state index is 14.1. The first kappa shape index (κ1) is 18.6. The van der Waals surface area contributed by atoms with Crippen molar-refractivity contribution in [2.75, 3.05) is 4.90 Å². The Bertz CT molecular complexity index is 1170. The minimum Gasteiger partial charge on any atom is -0.279 e. The van der Waals surface area contributed by atoms with E-state index in [1.54, 1.807) is 36.7 Å². The number of amides is 1. The largest absolute Gasteiger partial charge is 0.279 e. The zero-order chi connectivity index (χ0) is 19.7. The van der Waals surface area contributed by atoms with Gasteiger partial charge >= 0.3 is 0 Å². The summed E-state index contributed by atoms with van der Waals surface area (Å²) in [7, 11) is 0. The van der Waals surface area contributed by atoms with E-state index in [4.69, 9.17) is 0 Å². The molecule has 2 aromatic heterocycles. The molecule has 4 aromatic rings. The van der Waals surface area contributed by atoms with Crippen LogP contribution in [0, 0.1) is 11.6 Å². The molecule has 4 nitrogen and oxygen atoms in total. The van der Waals surface area contributed by atoms with Crippen molar-refractivity contribution >= 4 is 48.5 Å². The third kappa shape index (κ3) is 3.65. The fraction of sp³-hybridized carbons (Fsp3) is 0.0500. The van der Waals surface area contributed by atoms with E-state index in [1.165, 1.54) is 11.0 Å². The lowest BCUT2D eigenvalue weighted by molar-refractivity contribution is 0.0984. The van der Waals surface area contributed by atoms with Crippen LogP contribution in [0.1, 0.15) is 15.9 Å². The Morgan fingerprint density at radius 1 is 1.14 bits per heavy atom. The van der Waals surface area contributed by atoms with Crippen molar-refractivity contribution < 1.29 is 13.6 Å². The third-order valence-electron chi connectivity index (χ3n) is 4.05. The molecule has 4 rings (SSSR count). The first-order valence-electron chi connectivity index (χ1n) is 8.24. The Labute approximate surface area is 171 Å². The minimum absolute atomic E-state index is 0.0394. The normalized spacial score (nSPS) is 11.0. The van der Waals surface area contributed by atoms with Crippen LogP contribution in [0.15, 0.2) is 65.4 Å². The Hall–Kier alpha value is -2.71. The van der Waals surface area contributed by atoms with Crippen LogP contribution < -0.4 is 4.90 Å². The van der Waals surface area contributed by atoms with E-state index >= 15 is 0 Å². The molecule has 0 N–H and O–H groups in total. The van der Waals surface area contributed by atoms with Crippen LogP contribution in [-0.4, -0.2) is 15.9 Å². The quantitative estimate of drug-likeness (QED) is 0.400. The predicted molar refractivity (Wildman–Crippen MR) is 108 cm³/mol. The smallest absolute Gasteiger partial charge is 0.261 e.